The fourth-order valence-corrected chi connectivity index (χ4v) is 4.26. The Bertz CT molecular complexity index is 810. The zero-order valence-electron chi connectivity index (χ0n) is 20.9. The van der Waals surface area contributed by atoms with E-state index >= 15 is 0 Å². The highest BCUT2D eigenvalue weighted by Gasteiger charge is 2.19. The molecule has 1 aliphatic rings. The van der Waals surface area contributed by atoms with E-state index in [4.69, 9.17) is 15.2 Å². The lowest BCUT2D eigenvalue weighted by atomic mass is 10.0. The molecule has 0 saturated carbocycles. The van der Waals surface area contributed by atoms with Gasteiger partial charge in [-0.05, 0) is 49.6 Å². The minimum Gasteiger partial charge on any atom is -0.490 e. The topological polar surface area (TPSA) is 71.2 Å². The first kappa shape index (κ1) is 26.3. The van der Waals surface area contributed by atoms with Crippen LogP contribution in [-0.2, 0) is 0 Å². The van der Waals surface area contributed by atoms with E-state index in [0.717, 1.165) is 44.8 Å². The lowest BCUT2D eigenvalue weighted by molar-refractivity contribution is 0.0700. The summed E-state index contributed by atoms with van der Waals surface area (Å²) in [7, 11) is 0. The summed E-state index contributed by atoms with van der Waals surface area (Å²) in [6, 6.07) is 18.1. The van der Waals surface area contributed by atoms with Gasteiger partial charge in [-0.1, -0.05) is 57.0 Å². The van der Waals surface area contributed by atoms with Gasteiger partial charge in [0.05, 0.1) is 6.61 Å². The van der Waals surface area contributed by atoms with Crippen molar-refractivity contribution in [2.24, 2.45) is 11.7 Å². The Kier molecular flexibility index (Phi) is 11.0. The van der Waals surface area contributed by atoms with Crippen LogP contribution in [0.2, 0.25) is 0 Å². The number of nitrogens with two attached hydrogens (primary N) is 1. The van der Waals surface area contributed by atoms with Crippen LogP contribution >= 0.6 is 0 Å². The van der Waals surface area contributed by atoms with Crippen molar-refractivity contribution in [3.63, 3.8) is 0 Å². The minimum absolute atomic E-state index is 0.166. The maximum atomic E-state index is 10.2. The van der Waals surface area contributed by atoms with Crippen LogP contribution in [0, 0.1) is 5.92 Å². The van der Waals surface area contributed by atoms with Crippen molar-refractivity contribution in [2.75, 3.05) is 50.8 Å². The molecule has 2 unspecified atom stereocenters. The molecule has 3 N–H and O–H groups in total. The molecule has 0 spiro atoms. The molecule has 2 aromatic carbocycles. The molecule has 1 fully saturated rings. The second-order valence-electron chi connectivity index (χ2n) is 9.57. The van der Waals surface area contributed by atoms with Crippen molar-refractivity contribution in [3.05, 3.63) is 54.6 Å². The van der Waals surface area contributed by atoms with Crippen molar-refractivity contribution in [1.82, 2.24) is 4.90 Å². The van der Waals surface area contributed by atoms with E-state index in [-0.39, 0.29) is 18.6 Å². The molecular weight excluding hydrogens is 426 g/mol. The molecule has 0 amide bonds. The molecule has 3 rings (SSSR count). The van der Waals surface area contributed by atoms with Crippen LogP contribution in [0.25, 0.3) is 0 Å². The SMILES string of the molecule is CC(C)C(N)C(O)COc1ccccc1OCCCCCCN1CCN(c2ccccc2)CC1. The van der Waals surface area contributed by atoms with Crippen molar-refractivity contribution in [3.8, 4) is 11.5 Å². The Morgan fingerprint density at radius 2 is 1.44 bits per heavy atom. The Morgan fingerprint density at radius 3 is 2.12 bits per heavy atom. The lowest BCUT2D eigenvalue weighted by Gasteiger charge is -2.36. The smallest absolute Gasteiger partial charge is 0.161 e. The summed E-state index contributed by atoms with van der Waals surface area (Å²) in [6.07, 6.45) is 3.94. The number of benzene rings is 2. The van der Waals surface area contributed by atoms with Crippen LogP contribution in [0.15, 0.2) is 54.6 Å². The van der Waals surface area contributed by atoms with Crippen LogP contribution in [0.4, 0.5) is 5.69 Å². The molecule has 188 valence electrons. The molecule has 6 nitrogen and oxygen atoms in total. The number of hydrogen-bond donors (Lipinski definition) is 2. The highest BCUT2D eigenvalue weighted by Crippen LogP contribution is 2.27. The molecule has 34 heavy (non-hydrogen) atoms. The number of aliphatic hydroxyl groups excluding tert-OH is 1. The van der Waals surface area contributed by atoms with Gasteiger partial charge in [0.2, 0.25) is 0 Å². The molecule has 1 saturated heterocycles. The Hall–Kier alpha value is -2.28. The predicted octanol–water partition coefficient (Wildman–Crippen LogP) is 4.17. The van der Waals surface area contributed by atoms with Crippen molar-refractivity contribution < 1.29 is 14.6 Å². The largest absolute Gasteiger partial charge is 0.490 e. The summed E-state index contributed by atoms with van der Waals surface area (Å²) in [5.74, 6) is 1.58. The normalized spacial score (nSPS) is 16.4. The molecule has 0 aliphatic carbocycles. The zero-order chi connectivity index (χ0) is 24.2. The lowest BCUT2D eigenvalue weighted by Crippen LogP contribution is -2.46. The Morgan fingerprint density at radius 1 is 0.824 bits per heavy atom. The maximum Gasteiger partial charge on any atom is 0.161 e. The van der Waals surface area contributed by atoms with Crippen LogP contribution in [0.3, 0.4) is 0 Å². The average molecular weight is 470 g/mol. The average Bonchev–Trinajstić information content (AvgIpc) is 2.87. The summed E-state index contributed by atoms with van der Waals surface area (Å²) in [6.45, 7) is 10.5. The van der Waals surface area contributed by atoms with Gasteiger partial charge < -0.3 is 25.2 Å². The molecule has 0 aromatic heterocycles. The summed E-state index contributed by atoms with van der Waals surface area (Å²) in [5, 5.41) is 10.2. The molecule has 1 aliphatic heterocycles. The van der Waals surface area contributed by atoms with Gasteiger partial charge >= 0.3 is 0 Å². The van der Waals surface area contributed by atoms with Crippen LogP contribution < -0.4 is 20.1 Å². The van der Waals surface area contributed by atoms with Gasteiger partial charge in [0, 0.05) is 37.9 Å². The molecular formula is C28H43N3O3. The van der Waals surface area contributed by atoms with Crippen molar-refractivity contribution in [1.29, 1.82) is 0 Å². The highest BCUT2D eigenvalue weighted by molar-refractivity contribution is 5.46. The molecule has 0 bridgehead atoms. The summed E-state index contributed by atoms with van der Waals surface area (Å²) < 4.78 is 11.8. The third-order valence-electron chi connectivity index (χ3n) is 6.59. The Labute approximate surface area is 205 Å². The first-order valence-electron chi connectivity index (χ1n) is 12.8. The van der Waals surface area contributed by atoms with Crippen molar-refractivity contribution >= 4 is 5.69 Å². The molecule has 1 heterocycles. The molecule has 2 atom stereocenters. The third kappa shape index (κ3) is 8.49. The fraction of sp³-hybridized carbons (Fsp3) is 0.571. The van der Waals surface area contributed by atoms with E-state index in [9.17, 15) is 5.11 Å². The van der Waals surface area contributed by atoms with Gasteiger partial charge in [0.15, 0.2) is 11.5 Å². The number of rotatable bonds is 14. The van der Waals surface area contributed by atoms with Gasteiger partial charge in [-0.15, -0.1) is 0 Å². The molecule has 6 heteroatoms. The highest BCUT2D eigenvalue weighted by atomic mass is 16.5. The third-order valence-corrected chi connectivity index (χ3v) is 6.59. The standard InChI is InChI=1S/C28H43N3O3/c1-23(2)28(29)25(32)22-34-27-15-9-8-14-26(27)33-21-11-4-3-10-16-30-17-19-31(20-18-30)24-12-6-5-7-13-24/h5-9,12-15,23,25,28,32H,3-4,10-11,16-22,29H2,1-2H3. The Balaban J connectivity index is 1.26. The fourth-order valence-electron chi connectivity index (χ4n) is 4.26. The summed E-state index contributed by atoms with van der Waals surface area (Å²) >= 11 is 0. The molecule has 0 radical (unpaired) electrons. The van der Waals surface area contributed by atoms with Crippen molar-refractivity contribution in [2.45, 2.75) is 51.7 Å². The minimum atomic E-state index is -0.700. The maximum absolute atomic E-state index is 10.2. The number of nitrogens with zero attached hydrogens (tertiary/aromatic N) is 2. The van der Waals surface area contributed by atoms with Gasteiger partial charge in [-0.2, -0.15) is 0 Å². The van der Waals surface area contributed by atoms with E-state index in [1.54, 1.807) is 0 Å². The first-order valence-corrected chi connectivity index (χ1v) is 12.8. The summed E-state index contributed by atoms with van der Waals surface area (Å²) in [5.41, 5.74) is 7.35. The van der Waals surface area contributed by atoms with E-state index in [0.29, 0.717) is 12.4 Å². The second kappa shape index (κ2) is 14.2. The van der Waals surface area contributed by atoms with E-state index in [1.165, 1.54) is 25.1 Å². The van der Waals surface area contributed by atoms with E-state index < -0.39 is 6.10 Å². The number of anilines is 1. The van der Waals surface area contributed by atoms with Crippen LogP contribution in [0.1, 0.15) is 39.5 Å². The number of piperazine rings is 1. The molecule has 2 aromatic rings. The van der Waals surface area contributed by atoms with E-state index in [1.807, 2.05) is 38.1 Å². The monoisotopic (exact) mass is 469 g/mol. The zero-order valence-corrected chi connectivity index (χ0v) is 20.9. The van der Waals surface area contributed by atoms with Crippen LogP contribution in [-0.4, -0.2) is 68.1 Å². The summed E-state index contributed by atoms with van der Waals surface area (Å²) in [4.78, 5) is 5.07. The number of hydrogen-bond acceptors (Lipinski definition) is 6. The number of unbranched alkanes of at least 4 members (excludes halogenated alkanes) is 3. The predicted molar refractivity (Wildman–Crippen MR) is 140 cm³/mol. The number of ether oxygens (including phenoxy) is 2. The number of para-hydroxylation sites is 3. The quantitative estimate of drug-likeness (QED) is 0.405. The van der Waals surface area contributed by atoms with E-state index in [2.05, 4.69) is 40.1 Å². The van der Waals surface area contributed by atoms with Gasteiger partial charge in [0.1, 0.15) is 12.7 Å². The number of aliphatic hydroxyl groups is 1. The van der Waals surface area contributed by atoms with Gasteiger partial charge in [0.25, 0.3) is 0 Å². The van der Waals surface area contributed by atoms with Gasteiger partial charge in [-0.25, -0.2) is 0 Å². The van der Waals surface area contributed by atoms with Crippen LogP contribution in [0.5, 0.6) is 11.5 Å². The first-order chi connectivity index (χ1) is 16.5. The second-order valence-corrected chi connectivity index (χ2v) is 9.57. The van der Waals surface area contributed by atoms with Gasteiger partial charge in [-0.3, -0.25) is 4.90 Å².